The molecule has 0 amide bonds. The highest BCUT2D eigenvalue weighted by Gasteiger charge is 2.38. The van der Waals surface area contributed by atoms with E-state index in [1.807, 2.05) is 37.2 Å². The third-order valence-electron chi connectivity index (χ3n) is 15.0. The molecule has 0 atom stereocenters. The van der Waals surface area contributed by atoms with Gasteiger partial charge in [0.1, 0.15) is 0 Å². The van der Waals surface area contributed by atoms with Crippen molar-refractivity contribution >= 4 is 65.7 Å². The number of nitrogens with zero attached hydrogens (tertiary/aromatic N) is 7. The lowest BCUT2D eigenvalue weighted by molar-refractivity contribution is 1.16. The normalized spacial score (nSPS) is 13.3. The molecule has 0 radical (unpaired) electrons. The Morgan fingerprint density at radius 1 is 0.333 bits per heavy atom. The number of benzene rings is 6. The van der Waals surface area contributed by atoms with Crippen LogP contribution in [0.4, 0.5) is 0 Å². The third-order valence-corrected chi connectivity index (χ3v) is 15.0. The third kappa shape index (κ3) is 4.41. The molecule has 0 saturated carbocycles. The summed E-state index contributed by atoms with van der Waals surface area (Å²) in [6, 6.07) is 51.6. The van der Waals surface area contributed by atoms with Crippen LogP contribution in [0.15, 0.2) is 177 Å². The largest absolute Gasteiger partial charge is 0.309 e. The number of fused-ring (bicyclic) bond motifs is 21. The maximum absolute atomic E-state index is 4.88. The fourth-order valence-electron chi connectivity index (χ4n) is 12.4. The summed E-state index contributed by atoms with van der Waals surface area (Å²) < 4.78 is 7.20. The lowest BCUT2D eigenvalue weighted by atomic mass is 9.86. The van der Waals surface area contributed by atoms with Gasteiger partial charge in [-0.25, -0.2) is 0 Å². The molecule has 0 unspecified atom stereocenters. The molecule has 0 N–H and O–H groups in total. The second-order valence-electron chi connectivity index (χ2n) is 18.2. The van der Waals surface area contributed by atoms with E-state index in [0.717, 1.165) is 80.2 Å². The van der Waals surface area contributed by atoms with Crippen molar-refractivity contribution in [3.05, 3.63) is 210 Å². The molecule has 13 aromatic rings. The van der Waals surface area contributed by atoms with Crippen molar-refractivity contribution in [1.29, 1.82) is 0 Å². The van der Waals surface area contributed by atoms with Crippen LogP contribution in [0, 0.1) is 0 Å². The zero-order valence-corrected chi connectivity index (χ0v) is 35.5. The highest BCUT2D eigenvalue weighted by molar-refractivity contribution is 6.10. The van der Waals surface area contributed by atoms with E-state index in [1.54, 1.807) is 0 Å². The smallest absolute Gasteiger partial charge is 0.0963 e. The van der Waals surface area contributed by atoms with Gasteiger partial charge >= 0.3 is 0 Å². The second-order valence-corrected chi connectivity index (χ2v) is 18.2. The van der Waals surface area contributed by atoms with Crippen molar-refractivity contribution in [1.82, 2.24) is 33.6 Å². The minimum Gasteiger partial charge on any atom is -0.309 e. The van der Waals surface area contributed by atoms with Crippen LogP contribution in [-0.4, -0.2) is 33.6 Å². The van der Waals surface area contributed by atoms with E-state index in [-0.39, 0.29) is 0 Å². The number of pyridine rings is 4. The van der Waals surface area contributed by atoms with E-state index >= 15 is 0 Å². The Balaban J connectivity index is 0.963. The number of rotatable bonds is 3. The summed E-state index contributed by atoms with van der Waals surface area (Å²) in [7, 11) is 0. The van der Waals surface area contributed by atoms with E-state index in [2.05, 4.69) is 163 Å². The molecule has 7 aromatic heterocycles. The summed E-state index contributed by atoms with van der Waals surface area (Å²) in [5.41, 5.74) is 29.1. The predicted molar refractivity (Wildman–Crippen MR) is 265 cm³/mol. The summed E-state index contributed by atoms with van der Waals surface area (Å²) in [6.07, 6.45) is 14.2. The Morgan fingerprint density at radius 3 is 1.15 bits per heavy atom. The zero-order valence-electron chi connectivity index (χ0n) is 35.5. The van der Waals surface area contributed by atoms with Gasteiger partial charge < -0.3 is 13.7 Å². The van der Waals surface area contributed by atoms with Crippen molar-refractivity contribution in [3.8, 4) is 50.4 Å². The standard InChI is InChI=1S/C59H35N7/c1-3-9-49-39(7-1)58-53(11-5-21-62-58)65(49)37-17-14-34-26-45-55-41-28-36(64-51-19-23-60-31-47(51)48-32-61-24-20-52(48)64)16-13-33(41)25-44(55)56-43-30-38(18-15-35(43)27-46(56)57(45)42(34)29-37)66-50-10-4-2-8-40(50)59-54(66)12-6-22-63-59/h1-24,28-32H,25-27H2. The Morgan fingerprint density at radius 2 is 0.712 bits per heavy atom. The number of para-hydroxylation sites is 2. The first-order valence-corrected chi connectivity index (χ1v) is 22.7. The molecular weight excluding hydrogens is 807 g/mol. The molecule has 0 fully saturated rings. The number of hydrogen-bond donors (Lipinski definition) is 0. The first kappa shape index (κ1) is 34.8. The van der Waals surface area contributed by atoms with Gasteiger partial charge in [0, 0.05) is 75.8 Å². The molecule has 6 aromatic carbocycles. The van der Waals surface area contributed by atoms with Crippen molar-refractivity contribution < 1.29 is 0 Å². The molecule has 0 aliphatic heterocycles. The minimum atomic E-state index is 0.889. The van der Waals surface area contributed by atoms with Crippen LogP contribution in [0.3, 0.4) is 0 Å². The maximum Gasteiger partial charge on any atom is 0.0963 e. The summed E-state index contributed by atoms with van der Waals surface area (Å²) in [5, 5.41) is 4.55. The topological polar surface area (TPSA) is 66.3 Å². The van der Waals surface area contributed by atoms with Gasteiger partial charge in [-0.15, -0.1) is 0 Å². The fraction of sp³-hybridized carbons (Fsp3) is 0.0508. The van der Waals surface area contributed by atoms with Crippen molar-refractivity contribution in [3.63, 3.8) is 0 Å². The van der Waals surface area contributed by atoms with E-state index in [0.29, 0.717) is 0 Å². The highest BCUT2D eigenvalue weighted by atomic mass is 15.0. The molecular formula is C59H35N7. The van der Waals surface area contributed by atoms with Crippen LogP contribution in [0.2, 0.25) is 0 Å². The first-order chi connectivity index (χ1) is 32.7. The Labute approximate surface area is 377 Å². The molecule has 3 aliphatic carbocycles. The Hall–Kier alpha value is -8.68. The molecule has 3 aliphatic rings. The molecule has 16 rings (SSSR count). The minimum absolute atomic E-state index is 0.889. The lowest BCUT2D eigenvalue weighted by Crippen LogP contribution is -1.98. The van der Waals surface area contributed by atoms with Crippen molar-refractivity contribution in [2.45, 2.75) is 19.3 Å². The summed E-state index contributed by atoms with van der Waals surface area (Å²) in [5.74, 6) is 0. The molecule has 66 heavy (non-hydrogen) atoms. The van der Waals surface area contributed by atoms with Crippen LogP contribution in [-0.2, 0) is 19.3 Å². The quantitative estimate of drug-likeness (QED) is 0.178. The van der Waals surface area contributed by atoms with Crippen LogP contribution in [0.1, 0.15) is 33.4 Å². The van der Waals surface area contributed by atoms with E-state index < -0.39 is 0 Å². The van der Waals surface area contributed by atoms with Crippen molar-refractivity contribution in [2.24, 2.45) is 0 Å². The van der Waals surface area contributed by atoms with Crippen LogP contribution < -0.4 is 0 Å². The molecule has 7 heterocycles. The van der Waals surface area contributed by atoms with Gasteiger partial charge in [0.2, 0.25) is 0 Å². The zero-order chi connectivity index (χ0) is 42.8. The lowest BCUT2D eigenvalue weighted by Gasteiger charge is -2.18. The monoisotopic (exact) mass is 841 g/mol. The van der Waals surface area contributed by atoms with Crippen LogP contribution >= 0.6 is 0 Å². The number of aromatic nitrogens is 7. The summed E-state index contributed by atoms with van der Waals surface area (Å²) in [4.78, 5) is 18.8. The van der Waals surface area contributed by atoms with Crippen LogP contribution in [0.25, 0.3) is 116 Å². The molecule has 0 bridgehead atoms. The molecule has 7 heteroatoms. The van der Waals surface area contributed by atoms with Crippen LogP contribution in [0.5, 0.6) is 0 Å². The van der Waals surface area contributed by atoms with Crippen molar-refractivity contribution in [2.75, 3.05) is 0 Å². The number of hydrogen-bond acceptors (Lipinski definition) is 4. The second kappa shape index (κ2) is 12.5. The first-order valence-electron chi connectivity index (χ1n) is 22.7. The Bertz CT molecular complexity index is 3710. The van der Waals surface area contributed by atoms with Gasteiger partial charge in [-0.1, -0.05) is 54.6 Å². The maximum atomic E-state index is 4.88. The fourth-order valence-corrected chi connectivity index (χ4v) is 12.4. The van der Waals surface area contributed by atoms with Gasteiger partial charge in [-0.05, 0) is 171 Å². The van der Waals surface area contributed by atoms with Gasteiger partial charge in [0.25, 0.3) is 0 Å². The van der Waals surface area contributed by atoms with Gasteiger partial charge in [0.05, 0.1) is 44.1 Å². The average Bonchev–Trinajstić information content (AvgIpc) is 4.22. The molecule has 0 spiro atoms. The molecule has 7 nitrogen and oxygen atoms in total. The highest BCUT2D eigenvalue weighted by Crippen LogP contribution is 2.57. The van der Waals surface area contributed by atoms with Gasteiger partial charge in [-0.2, -0.15) is 0 Å². The van der Waals surface area contributed by atoms with Gasteiger partial charge in [0.15, 0.2) is 0 Å². The molecule has 306 valence electrons. The predicted octanol–water partition coefficient (Wildman–Crippen LogP) is 13.3. The summed E-state index contributed by atoms with van der Waals surface area (Å²) >= 11 is 0. The average molecular weight is 842 g/mol. The van der Waals surface area contributed by atoms with E-state index in [1.165, 1.54) is 88.6 Å². The van der Waals surface area contributed by atoms with E-state index in [9.17, 15) is 0 Å². The Kier molecular flexibility index (Phi) is 6.60. The van der Waals surface area contributed by atoms with E-state index in [4.69, 9.17) is 9.97 Å². The SMILES string of the molecule is c1ccc2c(c1)c1ncccc1n2-c1ccc2c(c1)-c1c(c3c(c4c1Cc1ccc(-n5c6ccccc6c6ncccc65)cc1-4)Cc1ccc(-n4c5ccncc5c5cnccc54)cc1-3)C2. The van der Waals surface area contributed by atoms with Gasteiger partial charge in [-0.3, -0.25) is 19.9 Å². The summed E-state index contributed by atoms with van der Waals surface area (Å²) in [6.45, 7) is 0. The molecule has 0 saturated heterocycles.